The van der Waals surface area contributed by atoms with Gasteiger partial charge in [0.2, 0.25) is 11.8 Å². The lowest BCUT2D eigenvalue weighted by atomic mass is 10.2. The van der Waals surface area contributed by atoms with Crippen LogP contribution in [-0.4, -0.2) is 59.1 Å². The minimum Gasteiger partial charge on any atom is -0.480 e. The summed E-state index contributed by atoms with van der Waals surface area (Å²) in [6.45, 7) is 2.27. The number of carboxylic acids is 1. The number of hydrogen-bond acceptors (Lipinski definition) is 5. The smallest absolute Gasteiger partial charge is 0.326 e. The molecule has 1 aliphatic heterocycles. The summed E-state index contributed by atoms with van der Waals surface area (Å²) in [5.74, 6) is -1.85. The number of anilines is 1. The zero-order valence-corrected chi connectivity index (χ0v) is 18.1. The van der Waals surface area contributed by atoms with E-state index in [2.05, 4.69) is 10.6 Å². The monoisotopic (exact) mass is 439 g/mol. The van der Waals surface area contributed by atoms with Gasteiger partial charge < -0.3 is 25.4 Å². The molecule has 0 aromatic heterocycles. The van der Waals surface area contributed by atoms with Crippen LogP contribution in [-0.2, 0) is 25.7 Å². The van der Waals surface area contributed by atoms with Gasteiger partial charge in [0.05, 0.1) is 13.2 Å². The molecule has 3 atom stereocenters. The van der Waals surface area contributed by atoms with Gasteiger partial charge in [-0.3, -0.25) is 9.59 Å². The van der Waals surface area contributed by atoms with Crippen LogP contribution in [0.5, 0.6) is 0 Å². The number of amides is 2. The van der Waals surface area contributed by atoms with Crippen molar-refractivity contribution in [1.29, 1.82) is 0 Å². The van der Waals surface area contributed by atoms with Gasteiger partial charge in [-0.1, -0.05) is 48.5 Å². The van der Waals surface area contributed by atoms with Crippen molar-refractivity contribution in [2.75, 3.05) is 18.5 Å². The Hall–Kier alpha value is -3.39. The lowest BCUT2D eigenvalue weighted by molar-refractivity contribution is -0.150. The minimum atomic E-state index is -1.04. The summed E-state index contributed by atoms with van der Waals surface area (Å²) in [5, 5.41) is 15.3. The molecule has 1 saturated heterocycles. The summed E-state index contributed by atoms with van der Waals surface area (Å²) in [6, 6.07) is 16.3. The molecule has 0 bridgehead atoms. The standard InChI is InChI=1S/C24H29N3O5/c1-17(25-19-11-6-3-7-12-19)22(28)26-20(16-32-15-18-9-4-2-5-10-18)23(29)27-14-8-13-21(27)24(30)31/h2-7,9-12,17,20-21,25H,8,13-16H2,1H3,(H,26,28)(H,30,31). The van der Waals surface area contributed by atoms with Crippen molar-refractivity contribution in [1.82, 2.24) is 10.2 Å². The summed E-state index contributed by atoms with van der Waals surface area (Å²) in [4.78, 5) is 38.9. The summed E-state index contributed by atoms with van der Waals surface area (Å²) in [6.07, 6.45) is 1.01. The van der Waals surface area contributed by atoms with Crippen molar-refractivity contribution in [3.8, 4) is 0 Å². The fraction of sp³-hybridized carbons (Fsp3) is 0.375. The predicted molar refractivity (Wildman–Crippen MR) is 120 cm³/mol. The first-order valence-electron chi connectivity index (χ1n) is 10.7. The number of hydrogen-bond donors (Lipinski definition) is 3. The Kier molecular flexibility index (Phi) is 8.21. The van der Waals surface area contributed by atoms with Gasteiger partial charge in [-0.2, -0.15) is 0 Å². The Morgan fingerprint density at radius 2 is 1.75 bits per heavy atom. The molecule has 2 amide bonds. The zero-order valence-electron chi connectivity index (χ0n) is 18.1. The molecule has 0 saturated carbocycles. The third kappa shape index (κ3) is 6.31. The number of likely N-dealkylation sites (tertiary alicyclic amines) is 1. The zero-order chi connectivity index (χ0) is 22.9. The number of rotatable bonds is 10. The molecule has 3 unspecified atom stereocenters. The van der Waals surface area contributed by atoms with E-state index in [0.717, 1.165) is 11.3 Å². The van der Waals surface area contributed by atoms with Crippen LogP contribution >= 0.6 is 0 Å². The van der Waals surface area contributed by atoms with Crippen LogP contribution in [0.25, 0.3) is 0 Å². The average molecular weight is 440 g/mol. The summed E-state index contributed by atoms with van der Waals surface area (Å²) in [5.41, 5.74) is 1.72. The number of carbonyl (C=O) groups excluding carboxylic acids is 2. The summed E-state index contributed by atoms with van der Waals surface area (Å²) >= 11 is 0. The molecule has 170 valence electrons. The number of aliphatic carboxylic acids is 1. The Labute approximate surface area is 187 Å². The second kappa shape index (κ2) is 11.3. The maximum atomic E-state index is 13.2. The Morgan fingerprint density at radius 3 is 2.41 bits per heavy atom. The molecule has 1 heterocycles. The number of carbonyl (C=O) groups is 3. The number of para-hydroxylation sites is 1. The molecule has 0 radical (unpaired) electrons. The third-order valence-corrected chi connectivity index (χ3v) is 5.38. The van der Waals surface area contributed by atoms with Crippen LogP contribution in [0.1, 0.15) is 25.3 Å². The van der Waals surface area contributed by atoms with Crippen LogP contribution in [0.4, 0.5) is 5.69 Å². The van der Waals surface area contributed by atoms with E-state index < -0.39 is 30.0 Å². The van der Waals surface area contributed by atoms with Crippen molar-refractivity contribution < 1.29 is 24.2 Å². The van der Waals surface area contributed by atoms with Gasteiger partial charge in [-0.15, -0.1) is 0 Å². The van der Waals surface area contributed by atoms with Gasteiger partial charge in [0.25, 0.3) is 0 Å². The minimum absolute atomic E-state index is 0.0552. The van der Waals surface area contributed by atoms with Crippen LogP contribution in [0.15, 0.2) is 60.7 Å². The van der Waals surface area contributed by atoms with E-state index in [1.807, 2.05) is 60.7 Å². The second-order valence-corrected chi connectivity index (χ2v) is 7.82. The molecular weight excluding hydrogens is 410 g/mol. The van der Waals surface area contributed by atoms with Crippen molar-refractivity contribution in [3.05, 3.63) is 66.2 Å². The van der Waals surface area contributed by atoms with Crippen molar-refractivity contribution in [2.45, 2.75) is 44.5 Å². The van der Waals surface area contributed by atoms with E-state index in [1.165, 1.54) is 4.90 Å². The Balaban J connectivity index is 1.66. The van der Waals surface area contributed by atoms with Crippen molar-refractivity contribution in [2.24, 2.45) is 0 Å². The highest BCUT2D eigenvalue weighted by molar-refractivity contribution is 5.93. The average Bonchev–Trinajstić information content (AvgIpc) is 3.29. The van der Waals surface area contributed by atoms with Crippen molar-refractivity contribution >= 4 is 23.5 Å². The third-order valence-electron chi connectivity index (χ3n) is 5.38. The summed E-state index contributed by atoms with van der Waals surface area (Å²) < 4.78 is 5.73. The number of benzene rings is 2. The maximum absolute atomic E-state index is 13.2. The molecule has 8 nitrogen and oxygen atoms in total. The van der Waals surface area contributed by atoms with Gasteiger partial charge in [0, 0.05) is 12.2 Å². The Morgan fingerprint density at radius 1 is 1.09 bits per heavy atom. The molecule has 1 fully saturated rings. The van der Waals surface area contributed by atoms with Crippen LogP contribution in [0, 0.1) is 0 Å². The highest BCUT2D eigenvalue weighted by Crippen LogP contribution is 2.19. The van der Waals surface area contributed by atoms with Crippen LogP contribution in [0.3, 0.4) is 0 Å². The molecule has 3 N–H and O–H groups in total. The van der Waals surface area contributed by atoms with Crippen LogP contribution < -0.4 is 10.6 Å². The second-order valence-electron chi connectivity index (χ2n) is 7.82. The number of nitrogens with zero attached hydrogens (tertiary/aromatic N) is 1. The fourth-order valence-corrected chi connectivity index (χ4v) is 3.68. The molecule has 0 spiro atoms. The topological polar surface area (TPSA) is 108 Å². The van der Waals surface area contributed by atoms with E-state index in [4.69, 9.17) is 4.74 Å². The number of carboxylic acid groups (broad SMARTS) is 1. The van der Waals surface area contributed by atoms with Gasteiger partial charge >= 0.3 is 5.97 Å². The van der Waals surface area contributed by atoms with E-state index in [1.54, 1.807) is 6.92 Å². The van der Waals surface area contributed by atoms with Gasteiger partial charge in [-0.25, -0.2) is 4.79 Å². The van der Waals surface area contributed by atoms with Gasteiger partial charge in [0.1, 0.15) is 18.1 Å². The lowest BCUT2D eigenvalue weighted by Crippen LogP contribution is -2.55. The highest BCUT2D eigenvalue weighted by atomic mass is 16.5. The largest absolute Gasteiger partial charge is 0.480 e. The van der Waals surface area contributed by atoms with Crippen molar-refractivity contribution in [3.63, 3.8) is 0 Å². The molecule has 8 heteroatoms. The van der Waals surface area contributed by atoms with Gasteiger partial charge in [0.15, 0.2) is 0 Å². The van der Waals surface area contributed by atoms with E-state index >= 15 is 0 Å². The summed E-state index contributed by atoms with van der Waals surface area (Å²) in [7, 11) is 0. The molecule has 2 aromatic carbocycles. The molecule has 0 aliphatic carbocycles. The molecule has 2 aromatic rings. The quantitative estimate of drug-likeness (QED) is 0.524. The first-order chi connectivity index (χ1) is 15.5. The SMILES string of the molecule is CC(Nc1ccccc1)C(=O)NC(COCc1ccccc1)C(=O)N1CCCC1C(=O)O. The molecule has 3 rings (SSSR count). The molecule has 1 aliphatic rings. The van der Waals surface area contributed by atoms with Crippen LogP contribution in [0.2, 0.25) is 0 Å². The predicted octanol–water partition coefficient (Wildman–Crippen LogP) is 2.26. The fourth-order valence-electron chi connectivity index (χ4n) is 3.68. The van der Waals surface area contributed by atoms with E-state index in [-0.39, 0.29) is 19.1 Å². The first kappa shape index (κ1) is 23.3. The highest BCUT2D eigenvalue weighted by Gasteiger charge is 2.38. The molecule has 32 heavy (non-hydrogen) atoms. The molecular formula is C24H29N3O5. The number of ether oxygens (including phenoxy) is 1. The van der Waals surface area contributed by atoms with E-state index in [9.17, 15) is 19.5 Å². The lowest BCUT2D eigenvalue weighted by Gasteiger charge is -2.28. The normalized spacial score (nSPS) is 17.4. The Bertz CT molecular complexity index is 906. The number of nitrogens with one attached hydrogen (secondary N) is 2. The maximum Gasteiger partial charge on any atom is 0.326 e. The van der Waals surface area contributed by atoms with Gasteiger partial charge in [-0.05, 0) is 37.5 Å². The van der Waals surface area contributed by atoms with E-state index in [0.29, 0.717) is 19.4 Å². The first-order valence-corrected chi connectivity index (χ1v) is 10.7.